The van der Waals surface area contributed by atoms with Crippen molar-refractivity contribution in [3.8, 4) is 11.1 Å². The van der Waals surface area contributed by atoms with Crippen LogP contribution in [0.4, 0.5) is 10.5 Å². The first-order chi connectivity index (χ1) is 16.1. The second kappa shape index (κ2) is 7.52. The number of nitrogens with zero attached hydrogens (tertiary/aromatic N) is 3. The first-order valence-electron chi connectivity index (χ1n) is 11.1. The Morgan fingerprint density at radius 2 is 1.79 bits per heavy atom. The molecule has 3 heterocycles. The number of anilines is 1. The topological polar surface area (TPSA) is 60.5 Å². The average molecular weight is 437 g/mol. The lowest BCUT2D eigenvalue weighted by molar-refractivity contribution is 0.181. The van der Waals surface area contributed by atoms with Gasteiger partial charge in [-0.15, -0.1) is 0 Å². The first kappa shape index (κ1) is 19.6. The molecule has 6 heteroatoms. The predicted molar refractivity (Wildman–Crippen MR) is 129 cm³/mol. The van der Waals surface area contributed by atoms with E-state index in [9.17, 15) is 4.79 Å². The summed E-state index contributed by atoms with van der Waals surface area (Å²) >= 11 is 0. The van der Waals surface area contributed by atoms with E-state index in [1.54, 1.807) is 4.90 Å². The molecule has 0 radical (unpaired) electrons. The SMILES string of the molecule is Cc1noc(C)c1-c1ccc2c3cc(N4CCOC4=O)ccc3n(Cc3ccccc3)c2c1. The third kappa shape index (κ3) is 3.18. The van der Waals surface area contributed by atoms with Crippen molar-refractivity contribution in [2.24, 2.45) is 0 Å². The van der Waals surface area contributed by atoms with Gasteiger partial charge in [-0.3, -0.25) is 4.90 Å². The van der Waals surface area contributed by atoms with Crippen LogP contribution in [0.25, 0.3) is 32.9 Å². The molecule has 1 fully saturated rings. The average Bonchev–Trinajstić information content (AvgIpc) is 3.50. The Bertz CT molecular complexity index is 1500. The summed E-state index contributed by atoms with van der Waals surface area (Å²) < 4.78 is 12.9. The molecule has 1 aliphatic rings. The van der Waals surface area contributed by atoms with E-state index < -0.39 is 0 Å². The maximum Gasteiger partial charge on any atom is 0.414 e. The molecule has 1 aliphatic heterocycles. The van der Waals surface area contributed by atoms with Crippen LogP contribution in [0, 0.1) is 13.8 Å². The van der Waals surface area contributed by atoms with Crippen molar-refractivity contribution < 1.29 is 14.1 Å². The molecule has 5 aromatic rings. The summed E-state index contributed by atoms with van der Waals surface area (Å²) in [6.07, 6.45) is -0.289. The van der Waals surface area contributed by atoms with Crippen LogP contribution in [0.15, 0.2) is 71.3 Å². The van der Waals surface area contributed by atoms with Crippen LogP contribution in [-0.2, 0) is 11.3 Å². The van der Waals surface area contributed by atoms with Crippen molar-refractivity contribution in [3.05, 3.63) is 83.7 Å². The largest absolute Gasteiger partial charge is 0.447 e. The molecule has 33 heavy (non-hydrogen) atoms. The number of fused-ring (bicyclic) bond motifs is 3. The van der Waals surface area contributed by atoms with Gasteiger partial charge in [0.1, 0.15) is 12.4 Å². The van der Waals surface area contributed by atoms with Crippen molar-refractivity contribution in [3.63, 3.8) is 0 Å². The third-order valence-electron chi connectivity index (χ3n) is 6.43. The normalized spacial score (nSPS) is 13.9. The van der Waals surface area contributed by atoms with Gasteiger partial charge in [0, 0.05) is 34.1 Å². The van der Waals surface area contributed by atoms with Gasteiger partial charge in [0.2, 0.25) is 0 Å². The van der Waals surface area contributed by atoms with Crippen molar-refractivity contribution in [1.82, 2.24) is 9.72 Å². The fourth-order valence-corrected chi connectivity index (χ4v) is 4.87. The number of ether oxygens (including phenoxy) is 1. The molecule has 0 aliphatic carbocycles. The maximum atomic E-state index is 12.1. The minimum absolute atomic E-state index is 0.289. The second-order valence-corrected chi connectivity index (χ2v) is 8.47. The van der Waals surface area contributed by atoms with Crippen molar-refractivity contribution >= 4 is 33.6 Å². The van der Waals surface area contributed by atoms with Gasteiger partial charge in [-0.25, -0.2) is 4.79 Å². The zero-order valence-corrected chi connectivity index (χ0v) is 18.5. The van der Waals surface area contributed by atoms with Gasteiger partial charge in [-0.2, -0.15) is 0 Å². The molecule has 6 rings (SSSR count). The predicted octanol–water partition coefficient (Wildman–Crippen LogP) is 6.07. The Labute approximate surface area is 191 Å². The highest BCUT2D eigenvalue weighted by Gasteiger charge is 2.24. The van der Waals surface area contributed by atoms with E-state index in [4.69, 9.17) is 9.26 Å². The van der Waals surface area contributed by atoms with E-state index >= 15 is 0 Å². The maximum absolute atomic E-state index is 12.1. The number of rotatable bonds is 4. The molecule has 3 aromatic carbocycles. The van der Waals surface area contributed by atoms with Gasteiger partial charge in [0.25, 0.3) is 0 Å². The van der Waals surface area contributed by atoms with Gasteiger partial charge in [-0.1, -0.05) is 47.6 Å². The van der Waals surface area contributed by atoms with E-state index in [1.165, 1.54) is 5.56 Å². The van der Waals surface area contributed by atoms with Crippen LogP contribution in [0.3, 0.4) is 0 Å². The molecule has 0 saturated carbocycles. The summed E-state index contributed by atoms with van der Waals surface area (Å²) in [6, 6.07) is 23.2. The summed E-state index contributed by atoms with van der Waals surface area (Å²) in [5.41, 5.74) is 7.35. The molecular weight excluding hydrogens is 414 g/mol. The quantitative estimate of drug-likeness (QED) is 0.342. The number of carbonyl (C=O) groups excluding carboxylic acids is 1. The van der Waals surface area contributed by atoms with Crippen LogP contribution < -0.4 is 4.90 Å². The number of aryl methyl sites for hydroxylation is 2. The first-order valence-corrected chi connectivity index (χ1v) is 11.1. The Hall–Kier alpha value is -4.06. The number of carbonyl (C=O) groups is 1. The Morgan fingerprint density at radius 3 is 2.52 bits per heavy atom. The Kier molecular flexibility index (Phi) is 4.47. The van der Waals surface area contributed by atoms with Gasteiger partial charge < -0.3 is 13.8 Å². The highest BCUT2D eigenvalue weighted by atomic mass is 16.6. The molecule has 0 bridgehead atoms. The van der Waals surface area contributed by atoms with Crippen LogP contribution in [-0.4, -0.2) is 29.0 Å². The van der Waals surface area contributed by atoms with E-state index in [2.05, 4.69) is 64.3 Å². The monoisotopic (exact) mass is 437 g/mol. The van der Waals surface area contributed by atoms with E-state index in [0.29, 0.717) is 13.2 Å². The minimum Gasteiger partial charge on any atom is -0.447 e. The van der Waals surface area contributed by atoms with Crippen LogP contribution in [0.1, 0.15) is 17.0 Å². The molecule has 1 amide bonds. The van der Waals surface area contributed by atoms with E-state index in [0.717, 1.165) is 56.6 Å². The second-order valence-electron chi connectivity index (χ2n) is 8.47. The van der Waals surface area contributed by atoms with Gasteiger partial charge in [0.15, 0.2) is 0 Å². The highest BCUT2D eigenvalue weighted by Crippen LogP contribution is 2.37. The van der Waals surface area contributed by atoms with Crippen molar-refractivity contribution in [1.29, 1.82) is 0 Å². The van der Waals surface area contributed by atoms with E-state index in [1.807, 2.05) is 26.0 Å². The zero-order valence-electron chi connectivity index (χ0n) is 18.5. The number of benzene rings is 3. The molecule has 0 spiro atoms. The van der Waals surface area contributed by atoms with E-state index in [-0.39, 0.29) is 6.09 Å². The van der Waals surface area contributed by atoms with Gasteiger partial charge in [-0.05, 0) is 49.2 Å². The fraction of sp³-hybridized carbons (Fsp3) is 0.185. The lowest BCUT2D eigenvalue weighted by Gasteiger charge is -2.13. The third-order valence-corrected chi connectivity index (χ3v) is 6.43. The molecule has 0 atom stereocenters. The summed E-state index contributed by atoms with van der Waals surface area (Å²) in [4.78, 5) is 13.8. The Morgan fingerprint density at radius 1 is 0.939 bits per heavy atom. The number of aromatic nitrogens is 2. The Balaban J connectivity index is 1.59. The molecule has 6 nitrogen and oxygen atoms in total. The van der Waals surface area contributed by atoms with Crippen molar-refractivity contribution in [2.45, 2.75) is 20.4 Å². The standard InChI is InChI=1S/C27H23N3O3/c1-17-26(18(2)33-28-17)20-8-10-22-23-15-21(29-12-13-32-27(29)31)9-11-24(23)30(25(22)14-20)16-19-6-4-3-5-7-19/h3-11,14-15H,12-13,16H2,1-2H3. The van der Waals surface area contributed by atoms with Crippen LogP contribution in [0.5, 0.6) is 0 Å². The van der Waals surface area contributed by atoms with Crippen LogP contribution >= 0.6 is 0 Å². The lowest BCUT2D eigenvalue weighted by Crippen LogP contribution is -2.23. The lowest BCUT2D eigenvalue weighted by atomic mass is 10.0. The summed E-state index contributed by atoms with van der Waals surface area (Å²) in [6.45, 7) is 5.66. The molecule has 2 aromatic heterocycles. The number of amides is 1. The molecule has 0 unspecified atom stereocenters. The highest BCUT2D eigenvalue weighted by molar-refractivity contribution is 6.11. The number of cyclic esters (lactones) is 1. The van der Waals surface area contributed by atoms with Gasteiger partial charge >= 0.3 is 6.09 Å². The molecular formula is C27H23N3O3. The number of hydrogen-bond donors (Lipinski definition) is 0. The summed E-state index contributed by atoms with van der Waals surface area (Å²) in [5.74, 6) is 0.812. The van der Waals surface area contributed by atoms with Crippen LogP contribution in [0.2, 0.25) is 0 Å². The zero-order chi connectivity index (χ0) is 22.5. The molecule has 0 N–H and O–H groups in total. The summed E-state index contributed by atoms with van der Waals surface area (Å²) in [5, 5.41) is 6.40. The summed E-state index contributed by atoms with van der Waals surface area (Å²) in [7, 11) is 0. The molecule has 1 saturated heterocycles. The smallest absolute Gasteiger partial charge is 0.414 e. The minimum atomic E-state index is -0.289. The fourth-order valence-electron chi connectivity index (χ4n) is 4.87. The molecule has 164 valence electrons. The van der Waals surface area contributed by atoms with Crippen molar-refractivity contribution in [2.75, 3.05) is 18.1 Å². The van der Waals surface area contributed by atoms with Gasteiger partial charge in [0.05, 0.1) is 17.8 Å². The number of hydrogen-bond acceptors (Lipinski definition) is 4.